The Kier molecular flexibility index (Phi) is 5.45. The maximum absolute atomic E-state index is 3.41. The summed E-state index contributed by atoms with van der Waals surface area (Å²) in [4.78, 5) is 4.99. The molecule has 1 fully saturated rings. The molecule has 0 aliphatic carbocycles. The molecule has 14 heavy (non-hydrogen) atoms. The maximum Gasteiger partial charge on any atom is 0.0191 e. The summed E-state index contributed by atoms with van der Waals surface area (Å²) >= 11 is 0. The molecule has 1 atom stereocenters. The molecule has 0 saturated carbocycles. The first-order valence-electron chi connectivity index (χ1n) is 5.84. The van der Waals surface area contributed by atoms with Crippen LogP contribution in [0.25, 0.3) is 0 Å². The summed E-state index contributed by atoms with van der Waals surface area (Å²) in [6, 6.07) is 0.684. The predicted octanol–water partition coefficient (Wildman–Crippen LogP) is 0.622. The van der Waals surface area contributed by atoms with E-state index in [2.05, 4.69) is 36.1 Å². The predicted molar refractivity (Wildman–Crippen MR) is 61.7 cm³/mol. The van der Waals surface area contributed by atoms with E-state index in [0.29, 0.717) is 6.04 Å². The van der Waals surface area contributed by atoms with Crippen molar-refractivity contribution in [1.82, 2.24) is 15.1 Å². The lowest BCUT2D eigenvalue weighted by atomic mass is 10.1. The highest BCUT2D eigenvalue weighted by Gasteiger charge is 2.16. The zero-order valence-corrected chi connectivity index (χ0v) is 9.92. The molecule has 1 rings (SSSR count). The van der Waals surface area contributed by atoms with Crippen molar-refractivity contribution in [2.24, 2.45) is 0 Å². The van der Waals surface area contributed by atoms with Gasteiger partial charge in [-0.3, -0.25) is 4.90 Å². The van der Waals surface area contributed by atoms with Crippen LogP contribution in [0.1, 0.15) is 19.8 Å². The van der Waals surface area contributed by atoms with E-state index in [9.17, 15) is 0 Å². The van der Waals surface area contributed by atoms with Crippen molar-refractivity contribution in [2.45, 2.75) is 25.8 Å². The van der Waals surface area contributed by atoms with Gasteiger partial charge >= 0.3 is 0 Å². The fourth-order valence-corrected chi connectivity index (χ4v) is 2.02. The molecule has 1 heterocycles. The number of likely N-dealkylation sites (N-methyl/N-ethyl adjacent to an activating group) is 2. The summed E-state index contributed by atoms with van der Waals surface area (Å²) in [5, 5.41) is 3.41. The molecule has 3 nitrogen and oxygen atoms in total. The number of hydrogen-bond acceptors (Lipinski definition) is 3. The van der Waals surface area contributed by atoms with Gasteiger partial charge in [-0.2, -0.15) is 0 Å². The van der Waals surface area contributed by atoms with Crippen LogP contribution in [0.15, 0.2) is 0 Å². The Bertz CT molecular complexity index is 141. The van der Waals surface area contributed by atoms with Gasteiger partial charge in [0.05, 0.1) is 0 Å². The van der Waals surface area contributed by atoms with Crippen molar-refractivity contribution in [1.29, 1.82) is 0 Å². The monoisotopic (exact) mass is 199 g/mol. The first-order valence-corrected chi connectivity index (χ1v) is 5.84. The SMILES string of the molecule is CCCC(CN1CCN(C)CC1)NC. The smallest absolute Gasteiger partial charge is 0.0191 e. The molecule has 0 spiro atoms. The molecule has 0 aromatic carbocycles. The second kappa shape index (κ2) is 6.38. The van der Waals surface area contributed by atoms with E-state index in [1.807, 2.05) is 0 Å². The Morgan fingerprint density at radius 1 is 1.21 bits per heavy atom. The fraction of sp³-hybridized carbons (Fsp3) is 1.00. The quantitative estimate of drug-likeness (QED) is 0.700. The van der Waals surface area contributed by atoms with Gasteiger partial charge in [0.25, 0.3) is 0 Å². The van der Waals surface area contributed by atoms with E-state index in [1.165, 1.54) is 45.6 Å². The Balaban J connectivity index is 2.21. The Morgan fingerprint density at radius 3 is 2.36 bits per heavy atom. The van der Waals surface area contributed by atoms with Crippen molar-refractivity contribution in [3.8, 4) is 0 Å². The van der Waals surface area contributed by atoms with Gasteiger partial charge in [0.1, 0.15) is 0 Å². The molecule has 1 saturated heterocycles. The van der Waals surface area contributed by atoms with Crippen LogP contribution in [-0.4, -0.2) is 62.7 Å². The minimum absolute atomic E-state index is 0.684. The lowest BCUT2D eigenvalue weighted by molar-refractivity contribution is 0.141. The summed E-state index contributed by atoms with van der Waals surface area (Å²) in [5.74, 6) is 0. The lowest BCUT2D eigenvalue weighted by Crippen LogP contribution is -2.49. The van der Waals surface area contributed by atoms with E-state index >= 15 is 0 Å². The zero-order chi connectivity index (χ0) is 10.4. The summed E-state index contributed by atoms with van der Waals surface area (Å²) in [5.41, 5.74) is 0. The summed E-state index contributed by atoms with van der Waals surface area (Å²) in [6.07, 6.45) is 2.57. The summed E-state index contributed by atoms with van der Waals surface area (Å²) < 4.78 is 0. The second-order valence-corrected chi connectivity index (χ2v) is 4.38. The average Bonchev–Trinajstić information content (AvgIpc) is 2.20. The number of hydrogen-bond donors (Lipinski definition) is 1. The third-order valence-corrected chi connectivity index (χ3v) is 3.12. The van der Waals surface area contributed by atoms with Crippen LogP contribution < -0.4 is 5.32 Å². The lowest BCUT2D eigenvalue weighted by Gasteiger charge is -2.34. The Labute approximate surface area is 88.5 Å². The van der Waals surface area contributed by atoms with E-state index in [-0.39, 0.29) is 0 Å². The molecule has 0 aromatic heterocycles. The van der Waals surface area contributed by atoms with Crippen LogP contribution in [0.2, 0.25) is 0 Å². The minimum Gasteiger partial charge on any atom is -0.316 e. The number of piperazine rings is 1. The van der Waals surface area contributed by atoms with Crippen LogP contribution in [0.5, 0.6) is 0 Å². The molecule has 1 N–H and O–H groups in total. The standard InChI is InChI=1S/C11H25N3/c1-4-5-11(12-2)10-14-8-6-13(3)7-9-14/h11-12H,4-10H2,1-3H3. The third kappa shape index (κ3) is 3.95. The van der Waals surface area contributed by atoms with Crippen molar-refractivity contribution < 1.29 is 0 Å². The molecule has 84 valence electrons. The molecule has 0 bridgehead atoms. The molecule has 3 heteroatoms. The van der Waals surface area contributed by atoms with Crippen molar-refractivity contribution >= 4 is 0 Å². The number of nitrogens with one attached hydrogen (secondary N) is 1. The summed E-state index contributed by atoms with van der Waals surface area (Å²) in [6.45, 7) is 8.40. The van der Waals surface area contributed by atoms with Gasteiger partial charge in [-0.05, 0) is 20.5 Å². The van der Waals surface area contributed by atoms with Crippen molar-refractivity contribution in [2.75, 3.05) is 46.8 Å². The van der Waals surface area contributed by atoms with Crippen molar-refractivity contribution in [3.63, 3.8) is 0 Å². The van der Waals surface area contributed by atoms with Gasteiger partial charge in [-0.1, -0.05) is 13.3 Å². The van der Waals surface area contributed by atoms with Gasteiger partial charge in [0.15, 0.2) is 0 Å². The molecular weight excluding hydrogens is 174 g/mol. The highest BCUT2D eigenvalue weighted by atomic mass is 15.3. The average molecular weight is 199 g/mol. The molecule has 1 aliphatic heterocycles. The largest absolute Gasteiger partial charge is 0.316 e. The molecule has 0 aromatic rings. The van der Waals surface area contributed by atoms with Crippen molar-refractivity contribution in [3.05, 3.63) is 0 Å². The zero-order valence-electron chi connectivity index (χ0n) is 9.92. The van der Waals surface area contributed by atoms with E-state index < -0.39 is 0 Å². The fourth-order valence-electron chi connectivity index (χ4n) is 2.02. The van der Waals surface area contributed by atoms with Crippen LogP contribution in [-0.2, 0) is 0 Å². The second-order valence-electron chi connectivity index (χ2n) is 4.38. The van der Waals surface area contributed by atoms with Gasteiger partial charge in [-0.25, -0.2) is 0 Å². The third-order valence-electron chi connectivity index (χ3n) is 3.12. The normalized spacial score (nSPS) is 22.5. The number of nitrogens with zero attached hydrogens (tertiary/aromatic N) is 2. The highest BCUT2D eigenvalue weighted by Crippen LogP contribution is 2.03. The van der Waals surface area contributed by atoms with Gasteiger partial charge in [0, 0.05) is 38.8 Å². The van der Waals surface area contributed by atoms with E-state index in [0.717, 1.165) is 0 Å². The van der Waals surface area contributed by atoms with Gasteiger partial charge < -0.3 is 10.2 Å². The van der Waals surface area contributed by atoms with Gasteiger partial charge in [0.2, 0.25) is 0 Å². The molecule has 1 unspecified atom stereocenters. The Hall–Kier alpha value is -0.120. The molecule has 0 radical (unpaired) electrons. The number of rotatable bonds is 5. The van der Waals surface area contributed by atoms with E-state index in [4.69, 9.17) is 0 Å². The Morgan fingerprint density at radius 2 is 1.86 bits per heavy atom. The van der Waals surface area contributed by atoms with Crippen LogP contribution in [0.3, 0.4) is 0 Å². The minimum atomic E-state index is 0.684. The first-order chi connectivity index (χ1) is 6.76. The van der Waals surface area contributed by atoms with Gasteiger partial charge in [-0.15, -0.1) is 0 Å². The van der Waals surface area contributed by atoms with E-state index in [1.54, 1.807) is 0 Å². The van der Waals surface area contributed by atoms with Crippen LogP contribution >= 0.6 is 0 Å². The molecular formula is C11H25N3. The van der Waals surface area contributed by atoms with Crippen LogP contribution in [0.4, 0.5) is 0 Å². The first kappa shape index (κ1) is 12.0. The molecule has 1 aliphatic rings. The molecule has 0 amide bonds. The summed E-state index contributed by atoms with van der Waals surface area (Å²) in [7, 11) is 4.29. The highest BCUT2D eigenvalue weighted by molar-refractivity contribution is 4.75. The van der Waals surface area contributed by atoms with Crippen LogP contribution in [0, 0.1) is 0 Å². The topological polar surface area (TPSA) is 18.5 Å². The maximum atomic E-state index is 3.41.